The third kappa shape index (κ3) is 3.45. The van der Waals surface area contributed by atoms with E-state index < -0.39 is 0 Å². The smallest absolute Gasteiger partial charge is 0.203 e. The van der Waals surface area contributed by atoms with Crippen LogP contribution in [0.2, 0.25) is 0 Å². The molecule has 4 heteroatoms. The van der Waals surface area contributed by atoms with Crippen molar-refractivity contribution in [3.63, 3.8) is 0 Å². The highest BCUT2D eigenvalue weighted by Crippen LogP contribution is 2.28. The van der Waals surface area contributed by atoms with Crippen molar-refractivity contribution < 1.29 is 0 Å². The van der Waals surface area contributed by atoms with Gasteiger partial charge in [-0.25, -0.2) is 0 Å². The van der Waals surface area contributed by atoms with Crippen molar-refractivity contribution in [3.05, 3.63) is 5.01 Å². The summed E-state index contributed by atoms with van der Waals surface area (Å²) in [6, 6.07) is 0. The number of aryl methyl sites for hydroxylation is 1. The maximum Gasteiger partial charge on any atom is 0.203 e. The molecule has 0 spiro atoms. The molecule has 0 saturated heterocycles. The average Bonchev–Trinajstić information content (AvgIpc) is 2.66. The average molecular weight is 225 g/mol. The van der Waals surface area contributed by atoms with Gasteiger partial charge in [-0.2, -0.15) is 0 Å². The SMILES string of the molecule is Nc1nnc(CCCC2CCCCC2)s1. The Morgan fingerprint density at radius 3 is 2.67 bits per heavy atom. The molecule has 2 rings (SSSR count). The monoisotopic (exact) mass is 225 g/mol. The van der Waals surface area contributed by atoms with Crippen LogP contribution >= 0.6 is 11.3 Å². The van der Waals surface area contributed by atoms with Gasteiger partial charge in [0, 0.05) is 6.42 Å². The van der Waals surface area contributed by atoms with E-state index in [1.54, 1.807) is 0 Å². The van der Waals surface area contributed by atoms with E-state index in [0.29, 0.717) is 5.13 Å². The highest BCUT2D eigenvalue weighted by atomic mass is 32.1. The molecule has 1 aromatic rings. The summed E-state index contributed by atoms with van der Waals surface area (Å²) in [6.07, 6.45) is 10.9. The minimum Gasteiger partial charge on any atom is -0.374 e. The molecule has 2 N–H and O–H groups in total. The standard InChI is InChI=1S/C11H19N3S/c12-11-14-13-10(15-11)8-4-7-9-5-2-1-3-6-9/h9H,1-8H2,(H2,12,14). The van der Waals surface area contributed by atoms with Gasteiger partial charge in [-0.3, -0.25) is 0 Å². The number of hydrogen-bond donors (Lipinski definition) is 1. The lowest BCUT2D eigenvalue weighted by molar-refractivity contribution is 0.332. The molecule has 1 aromatic heterocycles. The first-order chi connectivity index (χ1) is 7.34. The molecule has 0 radical (unpaired) electrons. The van der Waals surface area contributed by atoms with Gasteiger partial charge in [0.25, 0.3) is 0 Å². The molecular formula is C11H19N3S. The zero-order valence-corrected chi connectivity index (χ0v) is 9.93. The number of nitrogens with two attached hydrogens (primary N) is 1. The highest BCUT2D eigenvalue weighted by Gasteiger charge is 2.13. The van der Waals surface area contributed by atoms with Crippen LogP contribution in [-0.4, -0.2) is 10.2 Å². The fourth-order valence-electron chi connectivity index (χ4n) is 2.39. The molecule has 1 aliphatic carbocycles. The Morgan fingerprint density at radius 1 is 1.20 bits per heavy atom. The molecule has 84 valence electrons. The third-order valence-electron chi connectivity index (χ3n) is 3.21. The molecule has 15 heavy (non-hydrogen) atoms. The van der Waals surface area contributed by atoms with Crippen molar-refractivity contribution >= 4 is 16.5 Å². The number of rotatable bonds is 4. The first-order valence-electron chi connectivity index (χ1n) is 5.92. The number of nitrogen functional groups attached to an aromatic ring is 1. The van der Waals surface area contributed by atoms with Crippen molar-refractivity contribution in [2.45, 2.75) is 51.4 Å². The second-order valence-electron chi connectivity index (χ2n) is 4.43. The molecule has 1 heterocycles. The van der Waals surface area contributed by atoms with Gasteiger partial charge in [0.2, 0.25) is 5.13 Å². The third-order valence-corrected chi connectivity index (χ3v) is 4.02. The number of anilines is 1. The summed E-state index contributed by atoms with van der Waals surface area (Å²) < 4.78 is 0. The summed E-state index contributed by atoms with van der Waals surface area (Å²) in [5.41, 5.74) is 5.54. The minimum atomic E-state index is 0.600. The van der Waals surface area contributed by atoms with Gasteiger partial charge in [-0.15, -0.1) is 10.2 Å². The first-order valence-corrected chi connectivity index (χ1v) is 6.74. The van der Waals surface area contributed by atoms with Crippen molar-refractivity contribution in [1.82, 2.24) is 10.2 Å². The van der Waals surface area contributed by atoms with Crippen LogP contribution in [0.1, 0.15) is 50.0 Å². The maximum atomic E-state index is 5.54. The molecule has 1 fully saturated rings. The van der Waals surface area contributed by atoms with Crippen LogP contribution in [0.4, 0.5) is 5.13 Å². The van der Waals surface area contributed by atoms with Crippen molar-refractivity contribution in [1.29, 1.82) is 0 Å². The van der Waals surface area contributed by atoms with Crippen molar-refractivity contribution in [3.8, 4) is 0 Å². The fraction of sp³-hybridized carbons (Fsp3) is 0.818. The van der Waals surface area contributed by atoms with E-state index in [9.17, 15) is 0 Å². The quantitative estimate of drug-likeness (QED) is 0.857. The number of nitrogens with zero attached hydrogens (tertiary/aromatic N) is 2. The second-order valence-corrected chi connectivity index (χ2v) is 5.52. The first kappa shape index (κ1) is 10.9. The normalized spacial score (nSPS) is 18.1. The number of hydrogen-bond acceptors (Lipinski definition) is 4. The molecule has 0 atom stereocenters. The molecule has 3 nitrogen and oxygen atoms in total. The molecule has 0 aromatic carbocycles. The van der Waals surface area contributed by atoms with Gasteiger partial charge in [0.05, 0.1) is 0 Å². The van der Waals surface area contributed by atoms with Gasteiger partial charge < -0.3 is 5.73 Å². The molecule has 0 amide bonds. The maximum absolute atomic E-state index is 5.54. The lowest BCUT2D eigenvalue weighted by Gasteiger charge is -2.20. The van der Waals surface area contributed by atoms with Crippen molar-refractivity contribution in [2.24, 2.45) is 5.92 Å². The Kier molecular flexibility index (Phi) is 3.94. The Morgan fingerprint density at radius 2 is 2.00 bits per heavy atom. The summed E-state index contributed by atoms with van der Waals surface area (Å²) in [5.74, 6) is 0.976. The zero-order valence-electron chi connectivity index (χ0n) is 9.11. The Bertz CT molecular complexity index is 292. The largest absolute Gasteiger partial charge is 0.374 e. The van der Waals surface area contributed by atoms with Gasteiger partial charge >= 0.3 is 0 Å². The van der Waals surface area contributed by atoms with Crippen LogP contribution in [0.25, 0.3) is 0 Å². The van der Waals surface area contributed by atoms with Crippen LogP contribution in [0, 0.1) is 5.92 Å². The molecule has 0 unspecified atom stereocenters. The predicted octanol–water partition coefficient (Wildman–Crippen LogP) is 3.02. The summed E-state index contributed by atoms with van der Waals surface area (Å²) >= 11 is 1.53. The summed E-state index contributed by atoms with van der Waals surface area (Å²) in [6.45, 7) is 0. The molecular weight excluding hydrogens is 206 g/mol. The van der Waals surface area contributed by atoms with E-state index in [1.165, 1.54) is 56.3 Å². The second kappa shape index (κ2) is 5.45. The van der Waals surface area contributed by atoms with Crippen LogP contribution in [0.5, 0.6) is 0 Å². The summed E-state index contributed by atoms with van der Waals surface area (Å²) in [5, 5.41) is 9.57. The van der Waals surface area contributed by atoms with E-state index in [0.717, 1.165) is 17.3 Å². The summed E-state index contributed by atoms with van der Waals surface area (Å²) in [7, 11) is 0. The fourth-order valence-corrected chi connectivity index (χ4v) is 3.04. The van der Waals surface area contributed by atoms with Gasteiger partial charge in [0.1, 0.15) is 5.01 Å². The van der Waals surface area contributed by atoms with Crippen LogP contribution in [0.15, 0.2) is 0 Å². The summed E-state index contributed by atoms with van der Waals surface area (Å²) in [4.78, 5) is 0. The lowest BCUT2D eigenvalue weighted by atomic mass is 9.86. The van der Waals surface area contributed by atoms with E-state index in [4.69, 9.17) is 5.73 Å². The van der Waals surface area contributed by atoms with Crippen molar-refractivity contribution in [2.75, 3.05) is 5.73 Å². The zero-order chi connectivity index (χ0) is 10.5. The van der Waals surface area contributed by atoms with Crippen LogP contribution in [0.3, 0.4) is 0 Å². The highest BCUT2D eigenvalue weighted by molar-refractivity contribution is 7.15. The Balaban J connectivity index is 1.65. The van der Waals surface area contributed by atoms with E-state index in [-0.39, 0.29) is 0 Å². The molecule has 1 saturated carbocycles. The Hall–Kier alpha value is -0.640. The van der Waals surface area contributed by atoms with E-state index in [2.05, 4.69) is 10.2 Å². The van der Waals surface area contributed by atoms with Crippen LogP contribution in [-0.2, 0) is 6.42 Å². The lowest BCUT2D eigenvalue weighted by Crippen LogP contribution is -2.06. The van der Waals surface area contributed by atoms with Gasteiger partial charge in [0.15, 0.2) is 0 Å². The van der Waals surface area contributed by atoms with E-state index >= 15 is 0 Å². The van der Waals surface area contributed by atoms with Gasteiger partial charge in [-0.05, 0) is 12.3 Å². The predicted molar refractivity (Wildman–Crippen MR) is 63.8 cm³/mol. The molecule has 0 aliphatic heterocycles. The Labute approximate surface area is 95.1 Å². The topological polar surface area (TPSA) is 51.8 Å². The van der Waals surface area contributed by atoms with Gasteiger partial charge in [-0.1, -0.05) is 49.9 Å². The minimum absolute atomic E-state index is 0.600. The van der Waals surface area contributed by atoms with Crippen LogP contribution < -0.4 is 5.73 Å². The number of aromatic nitrogens is 2. The molecule has 1 aliphatic rings. The molecule has 0 bridgehead atoms. The van der Waals surface area contributed by atoms with E-state index in [1.807, 2.05) is 0 Å².